The molecule has 9 nitrogen and oxygen atoms in total. The van der Waals surface area contributed by atoms with E-state index >= 15 is 0 Å². The molecule has 0 radical (unpaired) electrons. The zero-order chi connectivity index (χ0) is 24.4. The highest BCUT2D eigenvalue weighted by Crippen LogP contribution is 2.44. The lowest BCUT2D eigenvalue weighted by Crippen LogP contribution is -2.56. The van der Waals surface area contributed by atoms with Gasteiger partial charge in [-0.25, -0.2) is 0 Å². The van der Waals surface area contributed by atoms with Crippen molar-refractivity contribution >= 4 is 85.7 Å². The van der Waals surface area contributed by atoms with E-state index in [0.717, 1.165) is 27.5 Å². The van der Waals surface area contributed by atoms with Crippen LogP contribution in [0.1, 0.15) is 22.6 Å². The molecule has 0 fully saturated rings. The lowest BCUT2D eigenvalue weighted by atomic mass is 9.77. The maximum atomic E-state index is 11.7. The summed E-state index contributed by atoms with van der Waals surface area (Å²) in [5, 5.41) is 25.2. The number of nitrogens with two attached hydrogens (primary N) is 4. The number of thiocarbonyl (C=S) groups is 4. The van der Waals surface area contributed by atoms with Gasteiger partial charge < -0.3 is 49.3 Å². The molecule has 0 heterocycles. The summed E-state index contributed by atoms with van der Waals surface area (Å²) in [6.45, 7) is 1.96. The minimum Gasteiger partial charge on any atom is -0.511 e. The fourth-order valence-corrected chi connectivity index (χ4v) is 4.64. The largest absolute Gasteiger partial charge is 0.511 e. The Kier molecular flexibility index (Phi) is 7.37. The molecule has 0 aliphatic heterocycles. The molecule has 2 aromatic carbocycles. The molecule has 0 aromatic heterocycles. The van der Waals surface area contributed by atoms with Crippen molar-refractivity contribution < 1.29 is 5.11 Å². The molecular formula is C20H24N8OS4. The Balaban J connectivity index is 2.36. The third-order valence-corrected chi connectivity index (χ3v) is 5.61. The normalized spacial score (nSPS) is 14.8. The van der Waals surface area contributed by atoms with Gasteiger partial charge in [-0.3, -0.25) is 0 Å². The molecule has 174 valence electrons. The van der Waals surface area contributed by atoms with Gasteiger partial charge in [0.15, 0.2) is 20.4 Å². The molecule has 0 amide bonds. The van der Waals surface area contributed by atoms with Crippen molar-refractivity contribution in [1.29, 1.82) is 0 Å². The number of aryl methyl sites for hydroxylation is 1. The first kappa shape index (κ1) is 24.6. The highest BCUT2D eigenvalue weighted by molar-refractivity contribution is 7.80. The average Bonchev–Trinajstić information content (AvgIpc) is 2.65. The molecule has 0 bridgehead atoms. The van der Waals surface area contributed by atoms with Crippen molar-refractivity contribution in [2.45, 2.75) is 25.2 Å². The maximum Gasteiger partial charge on any atom is 0.165 e. The lowest BCUT2D eigenvalue weighted by molar-refractivity contribution is 0.329. The number of nitrogens with one attached hydrogen (secondary N) is 4. The van der Waals surface area contributed by atoms with Crippen LogP contribution in [0.5, 0.6) is 0 Å². The van der Waals surface area contributed by atoms with Crippen molar-refractivity contribution in [3.05, 3.63) is 52.8 Å². The van der Waals surface area contributed by atoms with E-state index in [9.17, 15) is 5.11 Å². The molecule has 33 heavy (non-hydrogen) atoms. The summed E-state index contributed by atoms with van der Waals surface area (Å²) in [6.07, 6.45) is -1.58. The molecule has 1 aliphatic carbocycles. The number of hydrogen-bond acceptors (Lipinski definition) is 5. The average molecular weight is 521 g/mol. The second kappa shape index (κ2) is 9.87. The summed E-state index contributed by atoms with van der Waals surface area (Å²) in [5.41, 5.74) is 26.1. The summed E-state index contributed by atoms with van der Waals surface area (Å²) in [7, 11) is 0. The number of aliphatic hydroxyl groups is 1. The molecule has 0 saturated carbocycles. The van der Waals surface area contributed by atoms with Crippen LogP contribution in [0.2, 0.25) is 0 Å². The first-order chi connectivity index (χ1) is 15.5. The number of aliphatic hydroxyl groups excluding tert-OH is 1. The van der Waals surface area contributed by atoms with Crippen LogP contribution in [0, 0.1) is 6.92 Å². The Bertz CT molecular complexity index is 1170. The summed E-state index contributed by atoms with van der Waals surface area (Å²) < 4.78 is 0. The Morgan fingerprint density at radius 1 is 0.879 bits per heavy atom. The van der Waals surface area contributed by atoms with Crippen LogP contribution < -0.4 is 44.2 Å². The van der Waals surface area contributed by atoms with E-state index in [-0.39, 0.29) is 26.2 Å². The van der Waals surface area contributed by atoms with Gasteiger partial charge in [-0.1, -0.05) is 30.3 Å². The third-order valence-electron chi connectivity index (χ3n) is 5.14. The Hall–Kier alpha value is -3.00. The van der Waals surface area contributed by atoms with Gasteiger partial charge in [-0.2, -0.15) is 0 Å². The molecule has 1 atom stereocenters. The molecule has 0 saturated heterocycles. The van der Waals surface area contributed by atoms with Gasteiger partial charge in [0.2, 0.25) is 0 Å². The van der Waals surface area contributed by atoms with Crippen LogP contribution in [0.15, 0.2) is 36.1 Å². The lowest BCUT2D eigenvalue weighted by Gasteiger charge is -2.37. The first-order valence-electron chi connectivity index (χ1n) is 9.70. The summed E-state index contributed by atoms with van der Waals surface area (Å²) >= 11 is 20.2. The Morgan fingerprint density at radius 2 is 1.42 bits per heavy atom. The van der Waals surface area contributed by atoms with Crippen LogP contribution in [-0.2, 0) is 0 Å². The van der Waals surface area contributed by atoms with E-state index in [2.05, 4.69) is 21.3 Å². The van der Waals surface area contributed by atoms with Gasteiger partial charge in [0, 0.05) is 5.57 Å². The van der Waals surface area contributed by atoms with Gasteiger partial charge in [0.05, 0.1) is 5.92 Å². The molecule has 2 aromatic rings. The topological polar surface area (TPSA) is 172 Å². The minimum atomic E-state index is -0.823. The van der Waals surface area contributed by atoms with Crippen LogP contribution in [0.4, 0.5) is 0 Å². The first-order valence-corrected chi connectivity index (χ1v) is 11.3. The highest BCUT2D eigenvalue weighted by atomic mass is 32.1. The van der Waals surface area contributed by atoms with E-state index in [1.807, 2.05) is 37.3 Å². The molecule has 1 aliphatic rings. The molecule has 1 unspecified atom stereocenters. The van der Waals surface area contributed by atoms with Crippen LogP contribution in [0.3, 0.4) is 0 Å². The van der Waals surface area contributed by atoms with E-state index in [4.69, 9.17) is 71.8 Å². The third kappa shape index (κ3) is 5.33. The molecule has 13 heteroatoms. The smallest absolute Gasteiger partial charge is 0.165 e. The second-order valence-corrected chi connectivity index (χ2v) is 9.24. The van der Waals surface area contributed by atoms with E-state index in [1.165, 1.54) is 0 Å². The number of hydrogen-bond donors (Lipinski definition) is 9. The van der Waals surface area contributed by atoms with Gasteiger partial charge in [0.25, 0.3) is 0 Å². The zero-order valence-electron chi connectivity index (χ0n) is 17.5. The van der Waals surface area contributed by atoms with Gasteiger partial charge in [-0.05, 0) is 83.3 Å². The zero-order valence-corrected chi connectivity index (χ0v) is 20.8. The fraction of sp³-hybridized carbons (Fsp3) is 0.200. The number of benzene rings is 2. The van der Waals surface area contributed by atoms with Crippen LogP contribution >= 0.6 is 48.9 Å². The van der Waals surface area contributed by atoms with Crippen molar-refractivity contribution in [2.24, 2.45) is 22.9 Å². The summed E-state index contributed by atoms with van der Waals surface area (Å²) in [5.74, 6) is -0.735. The monoisotopic (exact) mass is 520 g/mol. The highest BCUT2D eigenvalue weighted by Gasteiger charge is 2.38. The Labute approximate surface area is 212 Å². The molecule has 0 spiro atoms. The van der Waals surface area contributed by atoms with Crippen molar-refractivity contribution in [1.82, 2.24) is 21.3 Å². The molecule has 3 rings (SSSR count). The van der Waals surface area contributed by atoms with E-state index < -0.39 is 18.2 Å². The maximum absolute atomic E-state index is 11.7. The Morgan fingerprint density at radius 3 is 1.94 bits per heavy atom. The van der Waals surface area contributed by atoms with E-state index in [0.29, 0.717) is 5.57 Å². The van der Waals surface area contributed by atoms with Crippen LogP contribution in [0.25, 0.3) is 16.3 Å². The van der Waals surface area contributed by atoms with Gasteiger partial charge >= 0.3 is 0 Å². The van der Waals surface area contributed by atoms with E-state index in [1.54, 1.807) is 0 Å². The van der Waals surface area contributed by atoms with Gasteiger partial charge in [0.1, 0.15) is 18.1 Å². The molecular weight excluding hydrogens is 497 g/mol. The summed E-state index contributed by atoms with van der Waals surface area (Å²) in [6, 6.07) is 9.81. The van der Waals surface area contributed by atoms with Crippen molar-refractivity contribution in [3.8, 4) is 0 Å². The number of rotatable bonds is 6. The second-order valence-electron chi connectivity index (χ2n) is 7.48. The SMILES string of the molecule is Cc1cc2c3c(cccc3c1)C(C(NC(N)=S)NC(N)=S)C(O)=C2C(NC(N)=S)NC(N)=S. The standard InChI is InChI=1S/C20H24N8OS4/c1-7-5-8-3-2-4-9-11(8)10(6-7)13(16(27-19(23)32)28-20(24)33)14(29)12(9)15(25-17(21)30)26-18(22)31/h2-6,12,15-16,29H,1H3,(H3,21,25,30)(H3,22,26,31)(H3,23,27,32)(H3,24,28,33). The predicted molar refractivity (Wildman–Crippen MR) is 148 cm³/mol. The van der Waals surface area contributed by atoms with Crippen molar-refractivity contribution in [2.75, 3.05) is 0 Å². The quantitative estimate of drug-likeness (QED) is 0.191. The fourth-order valence-electron chi connectivity index (χ4n) is 4.15. The van der Waals surface area contributed by atoms with Crippen molar-refractivity contribution in [3.63, 3.8) is 0 Å². The van der Waals surface area contributed by atoms with Crippen LogP contribution in [-0.4, -0.2) is 37.9 Å². The van der Waals surface area contributed by atoms with Gasteiger partial charge in [-0.15, -0.1) is 0 Å². The minimum absolute atomic E-state index is 0.000880. The molecule has 13 N–H and O–H groups in total. The summed E-state index contributed by atoms with van der Waals surface area (Å²) in [4.78, 5) is 0. The predicted octanol–water partition coefficient (Wildman–Crippen LogP) is 0.500.